The largest absolute Gasteiger partial charge is 0.354 e. The highest BCUT2D eigenvalue weighted by Gasteiger charge is 2.33. The Morgan fingerprint density at radius 2 is 2.54 bits per heavy atom. The van der Waals surface area contributed by atoms with E-state index in [1.165, 1.54) is 0 Å². The van der Waals surface area contributed by atoms with Crippen LogP contribution in [-0.4, -0.2) is 23.5 Å². The van der Waals surface area contributed by atoms with Crippen LogP contribution in [0.15, 0.2) is 6.20 Å². The second-order valence-electron chi connectivity index (χ2n) is 3.16. The lowest BCUT2D eigenvalue weighted by molar-refractivity contribution is -0.120. The maximum Gasteiger partial charge on any atom is 0.237 e. The molecular formula is C8H11N3OS. The normalized spacial score (nSPS) is 27.7. The van der Waals surface area contributed by atoms with Gasteiger partial charge in [0.2, 0.25) is 5.91 Å². The molecule has 1 saturated heterocycles. The van der Waals surface area contributed by atoms with Crippen molar-refractivity contribution < 1.29 is 4.79 Å². The number of nitrogens with one attached hydrogen (secondary N) is 1. The van der Waals surface area contributed by atoms with Gasteiger partial charge in [0.15, 0.2) is 0 Å². The monoisotopic (exact) mass is 197 g/mol. The number of amides is 1. The zero-order valence-electron chi connectivity index (χ0n) is 7.28. The van der Waals surface area contributed by atoms with Crippen molar-refractivity contribution >= 4 is 17.2 Å². The van der Waals surface area contributed by atoms with Gasteiger partial charge in [0.25, 0.3) is 0 Å². The van der Waals surface area contributed by atoms with E-state index in [1.807, 2.05) is 13.1 Å². The Morgan fingerprint density at radius 1 is 1.77 bits per heavy atom. The van der Waals surface area contributed by atoms with Crippen LogP contribution in [-0.2, 0) is 4.79 Å². The number of hydrogen-bond donors (Lipinski definition) is 2. The number of hydrogen-bond acceptors (Lipinski definition) is 4. The fourth-order valence-electron chi connectivity index (χ4n) is 1.46. The topological polar surface area (TPSA) is 68.0 Å². The van der Waals surface area contributed by atoms with Gasteiger partial charge in [-0.15, -0.1) is 11.3 Å². The summed E-state index contributed by atoms with van der Waals surface area (Å²) in [6.07, 6.45) is 1.81. The van der Waals surface area contributed by atoms with Gasteiger partial charge < -0.3 is 11.1 Å². The lowest BCUT2D eigenvalue weighted by Gasteiger charge is -2.08. The van der Waals surface area contributed by atoms with Crippen molar-refractivity contribution in [3.63, 3.8) is 0 Å². The third-order valence-electron chi connectivity index (χ3n) is 2.24. The molecule has 2 atom stereocenters. The Balaban J connectivity index is 2.23. The Kier molecular flexibility index (Phi) is 2.05. The minimum Gasteiger partial charge on any atom is -0.354 e. The molecule has 2 unspecified atom stereocenters. The smallest absolute Gasteiger partial charge is 0.237 e. The van der Waals surface area contributed by atoms with Crippen LogP contribution in [0.25, 0.3) is 0 Å². The summed E-state index contributed by atoms with van der Waals surface area (Å²) in [7, 11) is 0. The van der Waals surface area contributed by atoms with Crippen LogP contribution in [0.3, 0.4) is 0 Å². The van der Waals surface area contributed by atoms with Gasteiger partial charge in [-0.2, -0.15) is 0 Å². The van der Waals surface area contributed by atoms with Crippen LogP contribution in [0, 0.1) is 6.92 Å². The summed E-state index contributed by atoms with van der Waals surface area (Å²) in [4.78, 5) is 16.4. The Labute approximate surface area is 80.2 Å². The molecule has 1 fully saturated rings. The minimum atomic E-state index is -0.403. The molecule has 1 aromatic heterocycles. The number of carbonyl (C=O) groups excluding carboxylic acids is 1. The van der Waals surface area contributed by atoms with Gasteiger partial charge in [0.1, 0.15) is 0 Å². The standard InChI is InChI=1S/C8H11N3OS/c1-4-10-3-6(13-4)5-2-11-8(12)7(5)9/h3,5,7H,2,9H2,1H3,(H,11,12). The van der Waals surface area contributed by atoms with Gasteiger partial charge in [-0.05, 0) is 6.92 Å². The van der Waals surface area contributed by atoms with Gasteiger partial charge in [-0.3, -0.25) is 4.79 Å². The molecule has 3 N–H and O–H groups in total. The summed E-state index contributed by atoms with van der Waals surface area (Å²) in [6, 6.07) is -0.403. The zero-order valence-corrected chi connectivity index (χ0v) is 8.10. The maximum absolute atomic E-state index is 11.1. The first-order valence-electron chi connectivity index (χ1n) is 4.14. The average molecular weight is 197 g/mol. The van der Waals surface area contributed by atoms with Gasteiger partial charge >= 0.3 is 0 Å². The molecule has 2 heterocycles. The van der Waals surface area contributed by atoms with E-state index in [0.29, 0.717) is 6.54 Å². The van der Waals surface area contributed by atoms with Gasteiger partial charge in [-0.25, -0.2) is 4.98 Å². The molecule has 1 amide bonds. The lowest BCUT2D eigenvalue weighted by atomic mass is 10.0. The molecule has 0 saturated carbocycles. The molecule has 70 valence electrons. The lowest BCUT2D eigenvalue weighted by Crippen LogP contribution is -2.32. The fraction of sp³-hybridized carbons (Fsp3) is 0.500. The number of rotatable bonds is 1. The molecule has 2 rings (SSSR count). The summed E-state index contributed by atoms with van der Waals surface area (Å²) < 4.78 is 0. The van der Waals surface area contributed by atoms with Crippen molar-refractivity contribution in [1.82, 2.24) is 10.3 Å². The van der Waals surface area contributed by atoms with E-state index < -0.39 is 6.04 Å². The molecule has 0 aliphatic carbocycles. The quantitative estimate of drug-likeness (QED) is 0.665. The molecule has 13 heavy (non-hydrogen) atoms. The van der Waals surface area contributed by atoms with Crippen LogP contribution in [0.4, 0.5) is 0 Å². The molecular weight excluding hydrogens is 186 g/mol. The molecule has 5 heteroatoms. The number of aryl methyl sites for hydroxylation is 1. The van der Waals surface area contributed by atoms with E-state index in [-0.39, 0.29) is 11.8 Å². The summed E-state index contributed by atoms with van der Waals surface area (Å²) in [5.74, 6) is 0.0507. The van der Waals surface area contributed by atoms with E-state index >= 15 is 0 Å². The first-order chi connectivity index (χ1) is 6.18. The average Bonchev–Trinajstić information content (AvgIpc) is 2.62. The van der Waals surface area contributed by atoms with Crippen molar-refractivity contribution in [2.45, 2.75) is 18.9 Å². The number of aromatic nitrogens is 1. The van der Waals surface area contributed by atoms with Gasteiger partial charge in [0, 0.05) is 23.5 Å². The number of nitrogens with zero attached hydrogens (tertiary/aromatic N) is 1. The summed E-state index contributed by atoms with van der Waals surface area (Å²) in [5, 5.41) is 3.76. The number of thiazole rings is 1. The van der Waals surface area contributed by atoms with Crippen LogP contribution in [0.1, 0.15) is 15.8 Å². The van der Waals surface area contributed by atoms with Crippen molar-refractivity contribution in [3.05, 3.63) is 16.1 Å². The summed E-state index contributed by atoms with van der Waals surface area (Å²) in [5.41, 5.74) is 5.73. The van der Waals surface area contributed by atoms with E-state index in [9.17, 15) is 4.79 Å². The van der Waals surface area contributed by atoms with Crippen molar-refractivity contribution in [1.29, 1.82) is 0 Å². The van der Waals surface area contributed by atoms with Crippen molar-refractivity contribution in [2.24, 2.45) is 5.73 Å². The van der Waals surface area contributed by atoms with Crippen LogP contribution >= 0.6 is 11.3 Å². The van der Waals surface area contributed by atoms with E-state index in [1.54, 1.807) is 11.3 Å². The number of carbonyl (C=O) groups is 1. The third kappa shape index (κ3) is 1.45. The van der Waals surface area contributed by atoms with E-state index in [2.05, 4.69) is 10.3 Å². The predicted molar refractivity (Wildman–Crippen MR) is 50.6 cm³/mol. The second kappa shape index (κ2) is 3.08. The van der Waals surface area contributed by atoms with E-state index in [0.717, 1.165) is 9.88 Å². The summed E-state index contributed by atoms with van der Waals surface area (Å²) in [6.45, 7) is 2.59. The molecule has 0 spiro atoms. The Bertz CT molecular complexity index is 336. The Morgan fingerprint density at radius 3 is 3.00 bits per heavy atom. The maximum atomic E-state index is 11.1. The second-order valence-corrected chi connectivity index (χ2v) is 4.43. The summed E-state index contributed by atoms with van der Waals surface area (Å²) >= 11 is 1.61. The molecule has 1 aromatic rings. The fourth-order valence-corrected chi connectivity index (χ4v) is 2.40. The molecule has 4 nitrogen and oxygen atoms in total. The van der Waals surface area contributed by atoms with Gasteiger partial charge in [-0.1, -0.05) is 0 Å². The molecule has 0 radical (unpaired) electrons. The molecule has 0 aromatic carbocycles. The van der Waals surface area contributed by atoms with Gasteiger partial charge in [0.05, 0.1) is 11.0 Å². The van der Waals surface area contributed by atoms with Crippen molar-refractivity contribution in [3.8, 4) is 0 Å². The molecule has 1 aliphatic heterocycles. The zero-order chi connectivity index (χ0) is 9.42. The molecule has 0 bridgehead atoms. The highest BCUT2D eigenvalue weighted by Crippen LogP contribution is 2.26. The first kappa shape index (κ1) is 8.65. The SMILES string of the molecule is Cc1ncc(C2CNC(=O)C2N)s1. The predicted octanol–water partition coefficient (Wildman–Crippen LogP) is -0.00778. The minimum absolute atomic E-state index is 0.0592. The van der Waals surface area contributed by atoms with Crippen LogP contribution in [0.2, 0.25) is 0 Å². The van der Waals surface area contributed by atoms with E-state index in [4.69, 9.17) is 5.73 Å². The third-order valence-corrected chi connectivity index (χ3v) is 3.28. The highest BCUT2D eigenvalue weighted by atomic mass is 32.1. The Hall–Kier alpha value is -0.940. The number of nitrogens with two attached hydrogens (primary N) is 1. The first-order valence-corrected chi connectivity index (χ1v) is 4.96. The van der Waals surface area contributed by atoms with Crippen LogP contribution < -0.4 is 11.1 Å². The van der Waals surface area contributed by atoms with Crippen LogP contribution in [0.5, 0.6) is 0 Å². The molecule has 1 aliphatic rings. The highest BCUT2D eigenvalue weighted by molar-refractivity contribution is 7.11. The van der Waals surface area contributed by atoms with Crippen molar-refractivity contribution in [2.75, 3.05) is 6.54 Å².